The van der Waals surface area contributed by atoms with Crippen LogP contribution in [0.1, 0.15) is 38.8 Å². The van der Waals surface area contributed by atoms with Gasteiger partial charge in [-0.2, -0.15) is 13.2 Å². The molecular weight excluding hydrogens is 339 g/mol. The second-order valence-corrected chi connectivity index (χ2v) is 6.66. The van der Waals surface area contributed by atoms with E-state index in [9.17, 15) is 27.9 Å². The van der Waals surface area contributed by atoms with E-state index in [0.29, 0.717) is 0 Å². The van der Waals surface area contributed by atoms with E-state index in [0.717, 1.165) is 12.1 Å². The fourth-order valence-electron chi connectivity index (χ4n) is 1.97. The van der Waals surface area contributed by atoms with Crippen molar-refractivity contribution in [1.82, 2.24) is 0 Å². The van der Waals surface area contributed by atoms with Gasteiger partial charge < -0.3 is 15.2 Å². The molecule has 140 valence electrons. The first-order valence-corrected chi connectivity index (χ1v) is 7.64. The number of nitrogens with one attached hydrogen (secondary N) is 1. The van der Waals surface area contributed by atoms with E-state index in [1.807, 2.05) is 0 Å². The molecule has 1 amide bonds. The molecule has 0 fully saturated rings. The zero-order valence-electron chi connectivity index (χ0n) is 14.7. The number of anilines is 1. The Bertz CT molecular complexity index is 665. The van der Waals surface area contributed by atoms with E-state index < -0.39 is 28.7 Å². The lowest BCUT2D eigenvalue weighted by atomic mass is 9.91. The maximum Gasteiger partial charge on any atom is 0.432 e. The molecule has 0 aliphatic heterocycles. The highest BCUT2D eigenvalue weighted by atomic mass is 19.4. The van der Waals surface area contributed by atoms with Crippen molar-refractivity contribution in [2.24, 2.45) is 5.41 Å². The second kappa shape index (κ2) is 7.03. The molecule has 1 aromatic carbocycles. The molecule has 2 N–H and O–H groups in total. The topological polar surface area (TPSA) is 75.6 Å². The van der Waals surface area contributed by atoms with Crippen molar-refractivity contribution in [2.75, 3.05) is 11.9 Å². The number of hydrogen-bond acceptors (Lipinski definition) is 4. The average molecular weight is 361 g/mol. The number of aryl methyl sites for hydroxylation is 1. The number of hydrogen-bond donors (Lipinski definition) is 2. The number of halogens is 3. The first kappa shape index (κ1) is 21.0. The van der Waals surface area contributed by atoms with Gasteiger partial charge in [0.1, 0.15) is 0 Å². The molecule has 1 atom stereocenters. The Morgan fingerprint density at radius 1 is 1.20 bits per heavy atom. The maximum atomic E-state index is 13.3. The molecule has 8 heteroatoms. The maximum absolute atomic E-state index is 13.3. The minimum absolute atomic E-state index is 0.266. The Kier molecular flexibility index (Phi) is 5.89. The Morgan fingerprint density at radius 3 is 2.16 bits per heavy atom. The van der Waals surface area contributed by atoms with Crippen molar-refractivity contribution in [3.63, 3.8) is 0 Å². The zero-order chi connectivity index (χ0) is 19.6. The van der Waals surface area contributed by atoms with Gasteiger partial charge in [0.15, 0.2) is 0 Å². The molecule has 25 heavy (non-hydrogen) atoms. The largest absolute Gasteiger partial charge is 0.463 e. The Balaban J connectivity index is 3.31. The summed E-state index contributed by atoms with van der Waals surface area (Å²) in [6.45, 7) is 7.56. The minimum atomic E-state index is -5.26. The van der Waals surface area contributed by atoms with Crippen LogP contribution in [0.15, 0.2) is 18.2 Å². The third-order valence-electron chi connectivity index (χ3n) is 3.55. The highest BCUT2D eigenvalue weighted by Crippen LogP contribution is 2.41. The highest BCUT2D eigenvalue weighted by molar-refractivity contribution is 5.95. The van der Waals surface area contributed by atoms with Gasteiger partial charge in [-0.15, -0.1) is 0 Å². The molecule has 0 saturated carbocycles. The SMILES string of the molecule is CCOC(=O)[C@](O)(c1ccc(NC(=O)C(C)(C)C)c(C)c1)C(F)(F)F. The summed E-state index contributed by atoms with van der Waals surface area (Å²) in [5, 5.41) is 12.7. The summed E-state index contributed by atoms with van der Waals surface area (Å²) in [5.74, 6) is -2.12. The Labute approximate surface area is 144 Å². The fourth-order valence-corrected chi connectivity index (χ4v) is 1.97. The van der Waals surface area contributed by atoms with Gasteiger partial charge in [-0.25, -0.2) is 4.79 Å². The Hall–Kier alpha value is -2.09. The molecule has 0 radical (unpaired) electrons. The lowest BCUT2D eigenvalue weighted by Crippen LogP contribution is -2.50. The number of amides is 1. The van der Waals surface area contributed by atoms with Gasteiger partial charge in [0.25, 0.3) is 5.60 Å². The van der Waals surface area contributed by atoms with Crippen LogP contribution in [0.4, 0.5) is 18.9 Å². The molecule has 0 heterocycles. The van der Waals surface area contributed by atoms with Crippen molar-refractivity contribution in [1.29, 1.82) is 0 Å². The number of benzene rings is 1. The second-order valence-electron chi connectivity index (χ2n) is 6.66. The zero-order valence-corrected chi connectivity index (χ0v) is 14.7. The molecule has 0 bridgehead atoms. The van der Waals surface area contributed by atoms with Crippen LogP contribution >= 0.6 is 0 Å². The number of aliphatic hydroxyl groups is 1. The number of carbonyl (C=O) groups is 2. The van der Waals surface area contributed by atoms with Gasteiger partial charge in [-0.1, -0.05) is 32.9 Å². The number of carbonyl (C=O) groups excluding carboxylic acids is 2. The number of rotatable bonds is 4. The standard InChI is InChI=1S/C17H22F3NO4/c1-6-25-14(23)16(24,17(18,19)20)11-7-8-12(10(2)9-11)21-13(22)15(3,4)5/h7-9,24H,6H2,1-5H3,(H,21,22)/t16-/m1/s1. The van der Waals surface area contributed by atoms with Crippen LogP contribution < -0.4 is 5.32 Å². The summed E-state index contributed by atoms with van der Waals surface area (Å²) in [7, 11) is 0. The monoisotopic (exact) mass is 361 g/mol. The number of alkyl halides is 3. The first-order valence-electron chi connectivity index (χ1n) is 7.64. The lowest BCUT2D eigenvalue weighted by molar-refractivity contribution is -0.267. The summed E-state index contributed by atoms with van der Waals surface area (Å²) < 4.78 is 44.4. The summed E-state index contributed by atoms with van der Waals surface area (Å²) in [6, 6.07) is 3.16. The van der Waals surface area contributed by atoms with Crippen molar-refractivity contribution < 1.29 is 32.6 Å². The van der Waals surface area contributed by atoms with Crippen LogP contribution in [0.2, 0.25) is 0 Å². The van der Waals surface area contributed by atoms with Crippen LogP contribution in [0.5, 0.6) is 0 Å². The predicted molar refractivity (Wildman–Crippen MR) is 85.8 cm³/mol. The molecule has 0 saturated heterocycles. The third kappa shape index (κ3) is 4.31. The predicted octanol–water partition coefficient (Wildman–Crippen LogP) is 3.29. The van der Waals surface area contributed by atoms with Gasteiger partial charge in [0.2, 0.25) is 5.91 Å². The molecule has 0 unspecified atom stereocenters. The van der Waals surface area contributed by atoms with Gasteiger partial charge in [0, 0.05) is 16.7 Å². The van der Waals surface area contributed by atoms with Crippen molar-refractivity contribution in [2.45, 2.75) is 46.4 Å². The van der Waals surface area contributed by atoms with Crippen LogP contribution in [0.25, 0.3) is 0 Å². The van der Waals surface area contributed by atoms with E-state index in [1.54, 1.807) is 20.8 Å². The fraction of sp³-hybridized carbons (Fsp3) is 0.529. The molecule has 0 aliphatic rings. The summed E-state index contributed by atoms with van der Waals surface area (Å²) in [6.07, 6.45) is -5.26. The average Bonchev–Trinajstić information content (AvgIpc) is 2.46. The molecule has 0 spiro atoms. The molecule has 0 aromatic heterocycles. The summed E-state index contributed by atoms with van der Waals surface area (Å²) in [4.78, 5) is 23.8. The summed E-state index contributed by atoms with van der Waals surface area (Å²) >= 11 is 0. The van der Waals surface area contributed by atoms with Gasteiger partial charge in [-0.05, 0) is 25.5 Å². The molecule has 1 rings (SSSR count). The van der Waals surface area contributed by atoms with Crippen LogP contribution in [-0.2, 0) is 19.9 Å². The molecule has 0 aliphatic carbocycles. The molecule has 1 aromatic rings. The molecular formula is C17H22F3NO4. The van der Waals surface area contributed by atoms with E-state index in [1.165, 1.54) is 19.9 Å². The molecule has 5 nitrogen and oxygen atoms in total. The van der Waals surface area contributed by atoms with E-state index in [2.05, 4.69) is 10.1 Å². The van der Waals surface area contributed by atoms with Crippen molar-refractivity contribution >= 4 is 17.6 Å². The smallest absolute Gasteiger partial charge is 0.432 e. The van der Waals surface area contributed by atoms with Gasteiger partial charge in [-0.3, -0.25) is 4.79 Å². The summed E-state index contributed by atoms with van der Waals surface area (Å²) in [5.41, 5.74) is -4.59. The number of esters is 1. The minimum Gasteiger partial charge on any atom is -0.463 e. The quantitative estimate of drug-likeness (QED) is 0.807. The van der Waals surface area contributed by atoms with E-state index >= 15 is 0 Å². The third-order valence-corrected chi connectivity index (χ3v) is 3.55. The lowest BCUT2D eigenvalue weighted by Gasteiger charge is -2.29. The van der Waals surface area contributed by atoms with Crippen LogP contribution in [-0.4, -0.2) is 29.8 Å². The number of ether oxygens (including phenoxy) is 1. The van der Waals surface area contributed by atoms with Crippen molar-refractivity contribution in [3.8, 4) is 0 Å². The Morgan fingerprint density at radius 2 is 1.76 bits per heavy atom. The van der Waals surface area contributed by atoms with Crippen molar-refractivity contribution in [3.05, 3.63) is 29.3 Å². The van der Waals surface area contributed by atoms with Gasteiger partial charge in [0.05, 0.1) is 6.61 Å². The van der Waals surface area contributed by atoms with Crippen LogP contribution in [0, 0.1) is 12.3 Å². The van der Waals surface area contributed by atoms with E-state index in [4.69, 9.17) is 0 Å². The normalized spacial score (nSPS) is 14.6. The van der Waals surface area contributed by atoms with Gasteiger partial charge >= 0.3 is 12.1 Å². The highest BCUT2D eigenvalue weighted by Gasteiger charge is 2.62. The van der Waals surface area contributed by atoms with Crippen LogP contribution in [0.3, 0.4) is 0 Å². The first-order chi connectivity index (χ1) is 11.2. The van der Waals surface area contributed by atoms with E-state index in [-0.39, 0.29) is 23.8 Å².